The number of aromatic amines is 1. The molecule has 0 fully saturated rings. The number of carbonyl (C=O) groups excluding carboxylic acids is 1. The van der Waals surface area contributed by atoms with Gasteiger partial charge in [-0.1, -0.05) is 24.3 Å². The number of halogens is 1. The number of methoxy groups -OCH3 is 2. The second-order valence-corrected chi connectivity index (χ2v) is 9.87. The van der Waals surface area contributed by atoms with Crippen molar-refractivity contribution < 1.29 is 27.1 Å². The minimum Gasteiger partial charge on any atom is -0.497 e. The van der Waals surface area contributed by atoms with E-state index in [4.69, 9.17) is 9.47 Å². The van der Waals surface area contributed by atoms with Gasteiger partial charge in [-0.25, -0.2) is 17.6 Å². The van der Waals surface area contributed by atoms with Gasteiger partial charge in [-0.05, 0) is 53.4 Å². The molecule has 3 aromatic carbocycles. The van der Waals surface area contributed by atoms with Gasteiger partial charge in [0.1, 0.15) is 11.6 Å². The smallest absolute Gasteiger partial charge is 0.339 e. The molecule has 4 rings (SSSR count). The molecule has 0 unspecified atom stereocenters. The third kappa shape index (κ3) is 5.14. The first-order valence-corrected chi connectivity index (χ1v) is 12.3. The van der Waals surface area contributed by atoms with Crippen LogP contribution < -0.4 is 10.3 Å². The first kappa shape index (κ1) is 25.1. The molecule has 1 N–H and O–H groups in total. The number of hydrogen-bond acceptors (Lipinski definition) is 6. The van der Waals surface area contributed by atoms with Crippen LogP contribution in [0.5, 0.6) is 5.75 Å². The Labute approximate surface area is 207 Å². The highest BCUT2D eigenvalue weighted by Crippen LogP contribution is 2.25. The zero-order chi connectivity index (χ0) is 25.9. The maximum Gasteiger partial charge on any atom is 0.339 e. The fourth-order valence-electron chi connectivity index (χ4n) is 3.79. The summed E-state index contributed by atoms with van der Waals surface area (Å²) in [6.45, 7) is -0.468. The summed E-state index contributed by atoms with van der Waals surface area (Å²) in [5, 5.41) is 0.680. The van der Waals surface area contributed by atoms with E-state index in [0.29, 0.717) is 22.2 Å². The van der Waals surface area contributed by atoms with Gasteiger partial charge in [-0.2, -0.15) is 4.31 Å². The van der Waals surface area contributed by atoms with Crippen molar-refractivity contribution in [1.82, 2.24) is 9.29 Å². The molecule has 36 heavy (non-hydrogen) atoms. The fourth-order valence-corrected chi connectivity index (χ4v) is 5.37. The van der Waals surface area contributed by atoms with Gasteiger partial charge in [0.2, 0.25) is 10.0 Å². The largest absolute Gasteiger partial charge is 0.497 e. The van der Waals surface area contributed by atoms with Crippen molar-refractivity contribution in [2.75, 3.05) is 14.2 Å². The van der Waals surface area contributed by atoms with E-state index in [2.05, 4.69) is 4.98 Å². The second kappa shape index (κ2) is 10.3. The fraction of sp³-hybridized carbons (Fsp3) is 0.154. The highest BCUT2D eigenvalue weighted by atomic mass is 32.2. The van der Waals surface area contributed by atoms with Crippen molar-refractivity contribution in [3.63, 3.8) is 0 Å². The van der Waals surface area contributed by atoms with Gasteiger partial charge in [0.05, 0.1) is 30.2 Å². The third-order valence-corrected chi connectivity index (χ3v) is 7.51. The predicted molar refractivity (Wildman–Crippen MR) is 132 cm³/mol. The van der Waals surface area contributed by atoms with Crippen LogP contribution in [0.3, 0.4) is 0 Å². The molecule has 0 atom stereocenters. The van der Waals surface area contributed by atoms with Crippen LogP contribution in [-0.4, -0.2) is 37.9 Å². The van der Waals surface area contributed by atoms with E-state index in [-0.39, 0.29) is 29.1 Å². The summed E-state index contributed by atoms with van der Waals surface area (Å²) in [5.41, 5.74) is 0.610. The average Bonchev–Trinajstić information content (AvgIpc) is 2.89. The number of fused-ring (bicyclic) bond motifs is 1. The molecular formula is C26H23FN2O6S. The summed E-state index contributed by atoms with van der Waals surface area (Å²) in [5.74, 6) is -0.718. The lowest BCUT2D eigenvalue weighted by Gasteiger charge is -2.23. The number of sulfonamides is 1. The van der Waals surface area contributed by atoms with Gasteiger partial charge < -0.3 is 14.5 Å². The topological polar surface area (TPSA) is 106 Å². The summed E-state index contributed by atoms with van der Waals surface area (Å²) in [6, 6.07) is 17.8. The number of carbonyl (C=O) groups is 1. The molecule has 0 bridgehead atoms. The molecule has 186 valence electrons. The molecule has 8 nitrogen and oxygen atoms in total. The quantitative estimate of drug-likeness (QED) is 0.361. The molecule has 0 amide bonds. The van der Waals surface area contributed by atoms with Crippen LogP contribution in [0.4, 0.5) is 4.39 Å². The summed E-state index contributed by atoms with van der Waals surface area (Å²) in [6.07, 6.45) is 0. The van der Waals surface area contributed by atoms with Crippen LogP contribution in [-0.2, 0) is 27.8 Å². The monoisotopic (exact) mass is 510 g/mol. The van der Waals surface area contributed by atoms with E-state index in [9.17, 15) is 22.4 Å². The van der Waals surface area contributed by atoms with Crippen LogP contribution in [0.15, 0.2) is 82.5 Å². The summed E-state index contributed by atoms with van der Waals surface area (Å²) < 4.78 is 52.1. The molecule has 0 aliphatic carbocycles. The standard InChI is InChI=1S/C26H23FN2O6S/c1-34-21-12-9-18-13-19(25(30)28-23(18)14-21)16-29(15-17-7-10-20(27)11-8-17)36(32,33)24-6-4-3-5-22(24)26(31)35-2/h3-14H,15-16H2,1-2H3,(H,28,30). The number of ether oxygens (including phenoxy) is 2. The van der Waals surface area contributed by atoms with Crippen LogP contribution in [0.1, 0.15) is 21.5 Å². The summed E-state index contributed by atoms with van der Waals surface area (Å²) in [4.78, 5) is 27.7. The zero-order valence-electron chi connectivity index (χ0n) is 19.5. The van der Waals surface area contributed by atoms with E-state index in [1.54, 1.807) is 24.3 Å². The number of nitrogens with zero attached hydrogens (tertiary/aromatic N) is 1. The average molecular weight is 511 g/mol. The Morgan fingerprint density at radius 3 is 2.39 bits per heavy atom. The highest BCUT2D eigenvalue weighted by molar-refractivity contribution is 7.89. The molecule has 0 saturated carbocycles. The van der Waals surface area contributed by atoms with Crippen molar-refractivity contribution in [3.8, 4) is 5.75 Å². The van der Waals surface area contributed by atoms with E-state index in [1.807, 2.05) is 0 Å². The van der Waals surface area contributed by atoms with E-state index < -0.39 is 27.4 Å². The van der Waals surface area contributed by atoms with Crippen molar-refractivity contribution in [1.29, 1.82) is 0 Å². The predicted octanol–water partition coefficient (Wildman–Crippen LogP) is 3.85. The molecule has 0 aliphatic rings. The molecule has 0 saturated heterocycles. The van der Waals surface area contributed by atoms with Crippen molar-refractivity contribution in [2.24, 2.45) is 0 Å². The van der Waals surface area contributed by atoms with Crippen molar-refractivity contribution in [2.45, 2.75) is 18.0 Å². The number of rotatable bonds is 8. The molecule has 4 aromatic rings. The lowest BCUT2D eigenvalue weighted by molar-refractivity contribution is 0.0596. The van der Waals surface area contributed by atoms with Crippen LogP contribution in [0, 0.1) is 5.82 Å². The normalized spacial score (nSPS) is 11.6. The van der Waals surface area contributed by atoms with Crippen molar-refractivity contribution in [3.05, 3.63) is 106 Å². The zero-order valence-corrected chi connectivity index (χ0v) is 20.3. The minimum atomic E-state index is -4.31. The number of benzene rings is 3. The van der Waals surface area contributed by atoms with Crippen LogP contribution in [0.2, 0.25) is 0 Å². The third-order valence-electron chi connectivity index (χ3n) is 5.66. The Bertz CT molecular complexity index is 1580. The van der Waals surface area contributed by atoms with Gasteiger partial charge in [0, 0.05) is 24.7 Å². The molecular weight excluding hydrogens is 487 g/mol. The minimum absolute atomic E-state index is 0.136. The Kier molecular flexibility index (Phi) is 7.18. The Morgan fingerprint density at radius 1 is 0.972 bits per heavy atom. The highest BCUT2D eigenvalue weighted by Gasteiger charge is 2.30. The Balaban J connectivity index is 1.81. The molecule has 10 heteroatoms. The van der Waals surface area contributed by atoms with Crippen LogP contribution in [0.25, 0.3) is 10.9 Å². The summed E-state index contributed by atoms with van der Waals surface area (Å²) in [7, 11) is -1.64. The van der Waals surface area contributed by atoms with Gasteiger partial charge in [-0.15, -0.1) is 0 Å². The van der Waals surface area contributed by atoms with E-state index >= 15 is 0 Å². The van der Waals surface area contributed by atoms with Gasteiger partial charge in [-0.3, -0.25) is 4.79 Å². The first-order chi connectivity index (χ1) is 17.2. The van der Waals surface area contributed by atoms with Gasteiger partial charge >= 0.3 is 5.97 Å². The molecule has 1 aromatic heterocycles. The summed E-state index contributed by atoms with van der Waals surface area (Å²) >= 11 is 0. The first-order valence-electron chi connectivity index (χ1n) is 10.8. The lowest BCUT2D eigenvalue weighted by atomic mass is 10.1. The van der Waals surface area contributed by atoms with E-state index in [0.717, 1.165) is 11.4 Å². The number of nitrogens with one attached hydrogen (secondary N) is 1. The molecule has 0 aliphatic heterocycles. The Hall–Kier alpha value is -4.02. The maximum absolute atomic E-state index is 13.8. The number of aromatic nitrogens is 1. The number of hydrogen-bond donors (Lipinski definition) is 1. The maximum atomic E-state index is 13.8. The lowest BCUT2D eigenvalue weighted by Crippen LogP contribution is -2.33. The SMILES string of the molecule is COC(=O)c1ccccc1S(=O)(=O)N(Cc1ccc(F)cc1)Cc1cc2ccc(OC)cc2[nH]c1=O. The Morgan fingerprint density at radius 2 is 1.69 bits per heavy atom. The van der Waals surface area contributed by atoms with Gasteiger partial charge in [0.15, 0.2) is 0 Å². The molecule has 0 radical (unpaired) electrons. The number of pyridine rings is 1. The molecule has 0 spiro atoms. The molecule has 1 heterocycles. The number of esters is 1. The second-order valence-electron chi connectivity index (χ2n) is 7.96. The van der Waals surface area contributed by atoms with E-state index in [1.165, 1.54) is 55.6 Å². The van der Waals surface area contributed by atoms with Gasteiger partial charge in [0.25, 0.3) is 5.56 Å². The number of H-pyrrole nitrogens is 1. The van der Waals surface area contributed by atoms with Crippen LogP contribution >= 0.6 is 0 Å². The van der Waals surface area contributed by atoms with Crippen molar-refractivity contribution >= 4 is 26.9 Å².